The normalized spacial score (nSPS) is 16.8. The van der Waals surface area contributed by atoms with E-state index in [2.05, 4.69) is 10.3 Å². The molecule has 34 heavy (non-hydrogen) atoms. The molecule has 188 valence electrons. The second kappa shape index (κ2) is 9.69. The van der Waals surface area contributed by atoms with Crippen LogP contribution < -0.4 is 11.1 Å². The monoisotopic (exact) mass is 481 g/mol. The number of carbonyl (C=O) groups is 5. The van der Waals surface area contributed by atoms with E-state index in [9.17, 15) is 29.1 Å². The smallest absolute Gasteiger partial charge is 0.420 e. The molecule has 0 spiro atoms. The van der Waals surface area contributed by atoms with Gasteiger partial charge in [0.05, 0.1) is 24.4 Å². The molecule has 0 aliphatic carbocycles. The van der Waals surface area contributed by atoms with E-state index < -0.39 is 59.7 Å². The van der Waals surface area contributed by atoms with Gasteiger partial charge in [-0.1, -0.05) is 0 Å². The van der Waals surface area contributed by atoms with E-state index >= 15 is 0 Å². The maximum absolute atomic E-state index is 13.0. The Hall–Kier alpha value is -3.64. The number of aliphatic carboxylic acids is 1. The molecule has 1 aromatic heterocycles. The van der Waals surface area contributed by atoms with Crippen molar-refractivity contribution in [2.45, 2.75) is 84.2 Å². The average molecular weight is 482 g/mol. The molecule has 0 radical (unpaired) electrons. The van der Waals surface area contributed by atoms with E-state index in [4.69, 9.17) is 15.2 Å². The summed E-state index contributed by atoms with van der Waals surface area (Å²) in [5.74, 6) is -3.21. The van der Waals surface area contributed by atoms with Gasteiger partial charge in [-0.25, -0.2) is 23.9 Å². The predicted molar refractivity (Wildman–Crippen MR) is 117 cm³/mol. The quantitative estimate of drug-likeness (QED) is 0.547. The van der Waals surface area contributed by atoms with Crippen LogP contribution in [0.3, 0.4) is 0 Å². The number of carboxylic acids is 1. The molecule has 13 heteroatoms. The fraction of sp³-hybridized carbons (Fsp3) is 0.619. The Bertz CT molecular complexity index is 988. The van der Waals surface area contributed by atoms with Gasteiger partial charge in [0.15, 0.2) is 0 Å². The second-order valence-corrected chi connectivity index (χ2v) is 9.89. The van der Waals surface area contributed by atoms with Gasteiger partial charge in [-0.15, -0.1) is 0 Å². The zero-order valence-corrected chi connectivity index (χ0v) is 20.1. The largest absolute Gasteiger partial charge is 0.480 e. The zero-order chi connectivity index (χ0) is 26.0. The van der Waals surface area contributed by atoms with Crippen LogP contribution in [0.1, 0.15) is 59.4 Å². The third-order valence-electron chi connectivity index (χ3n) is 4.58. The summed E-state index contributed by atoms with van der Waals surface area (Å²) in [6.07, 6.45) is -1.07. The maximum atomic E-state index is 13.0. The molecule has 1 aliphatic heterocycles. The SMILES string of the molecule is CC(C)(C)OC(=O)N1Cc2c(ncn2C(=O)OC(C)(C)C)C[C@H]1C(=O)N[C@@H](CC(N)=O)C(=O)O. The molecule has 4 N–H and O–H groups in total. The van der Waals surface area contributed by atoms with Gasteiger partial charge in [0, 0.05) is 6.42 Å². The molecule has 0 aromatic carbocycles. The van der Waals surface area contributed by atoms with Crippen molar-refractivity contribution in [1.29, 1.82) is 0 Å². The van der Waals surface area contributed by atoms with Gasteiger partial charge in [-0.2, -0.15) is 0 Å². The van der Waals surface area contributed by atoms with Gasteiger partial charge in [0.1, 0.15) is 29.6 Å². The van der Waals surface area contributed by atoms with Crippen LogP contribution in [0.15, 0.2) is 6.33 Å². The Morgan fingerprint density at radius 2 is 1.68 bits per heavy atom. The lowest BCUT2D eigenvalue weighted by molar-refractivity contribution is -0.144. The fourth-order valence-electron chi connectivity index (χ4n) is 3.20. The number of carbonyl (C=O) groups excluding carboxylic acids is 4. The first-order valence-corrected chi connectivity index (χ1v) is 10.6. The number of aromatic nitrogens is 2. The summed E-state index contributed by atoms with van der Waals surface area (Å²) in [6, 6.07) is -2.79. The predicted octanol–water partition coefficient (Wildman–Crippen LogP) is 0.773. The molecule has 1 aromatic rings. The van der Waals surface area contributed by atoms with Gasteiger partial charge in [-0.3, -0.25) is 14.5 Å². The van der Waals surface area contributed by atoms with Crippen LogP contribution in [0.2, 0.25) is 0 Å². The van der Waals surface area contributed by atoms with Crippen molar-refractivity contribution in [1.82, 2.24) is 19.8 Å². The van der Waals surface area contributed by atoms with Gasteiger partial charge < -0.3 is 25.6 Å². The van der Waals surface area contributed by atoms with E-state index in [-0.39, 0.29) is 13.0 Å². The third-order valence-corrected chi connectivity index (χ3v) is 4.58. The molecule has 2 heterocycles. The number of nitrogens with one attached hydrogen (secondary N) is 1. The molecule has 0 saturated carbocycles. The van der Waals surface area contributed by atoms with E-state index in [1.54, 1.807) is 41.5 Å². The van der Waals surface area contributed by atoms with Gasteiger partial charge in [0.25, 0.3) is 0 Å². The van der Waals surface area contributed by atoms with Crippen molar-refractivity contribution in [2.75, 3.05) is 0 Å². The highest BCUT2D eigenvalue weighted by Crippen LogP contribution is 2.26. The maximum Gasteiger partial charge on any atom is 0.420 e. The molecule has 0 saturated heterocycles. The number of nitrogens with two attached hydrogens (primary N) is 1. The molecule has 1 aliphatic rings. The highest BCUT2D eigenvalue weighted by molar-refractivity contribution is 5.92. The number of carboxylic acid groups (broad SMARTS) is 1. The van der Waals surface area contributed by atoms with Crippen molar-refractivity contribution in [3.05, 3.63) is 17.7 Å². The number of fused-ring (bicyclic) bond motifs is 1. The van der Waals surface area contributed by atoms with Gasteiger partial charge >= 0.3 is 18.2 Å². The number of amides is 3. The summed E-state index contributed by atoms with van der Waals surface area (Å²) in [5, 5.41) is 11.6. The van der Waals surface area contributed by atoms with E-state index in [1.807, 2.05) is 0 Å². The van der Waals surface area contributed by atoms with Crippen molar-refractivity contribution in [3.63, 3.8) is 0 Å². The van der Waals surface area contributed by atoms with Crippen LogP contribution in [0.4, 0.5) is 9.59 Å². The average Bonchev–Trinajstić information content (AvgIpc) is 3.06. The van der Waals surface area contributed by atoms with Crippen molar-refractivity contribution in [3.8, 4) is 0 Å². The lowest BCUT2D eigenvalue weighted by atomic mass is 10.0. The molecule has 3 amide bonds. The zero-order valence-electron chi connectivity index (χ0n) is 20.1. The summed E-state index contributed by atoms with van der Waals surface area (Å²) >= 11 is 0. The number of hydrogen-bond donors (Lipinski definition) is 3. The van der Waals surface area contributed by atoms with E-state index in [0.29, 0.717) is 11.4 Å². The minimum Gasteiger partial charge on any atom is -0.480 e. The molecule has 0 bridgehead atoms. The molecule has 2 rings (SSSR count). The van der Waals surface area contributed by atoms with Gasteiger partial charge in [0.2, 0.25) is 11.8 Å². The molecule has 13 nitrogen and oxygen atoms in total. The third kappa shape index (κ3) is 6.93. The van der Waals surface area contributed by atoms with Crippen LogP contribution in [-0.2, 0) is 36.8 Å². The Morgan fingerprint density at radius 3 is 2.18 bits per heavy atom. The van der Waals surface area contributed by atoms with Gasteiger partial charge in [-0.05, 0) is 41.5 Å². The number of nitrogens with zero attached hydrogens (tertiary/aromatic N) is 3. The Labute approximate surface area is 196 Å². The molecule has 0 fully saturated rings. The Kier molecular flexibility index (Phi) is 7.59. The van der Waals surface area contributed by atoms with Crippen molar-refractivity contribution in [2.24, 2.45) is 5.73 Å². The highest BCUT2D eigenvalue weighted by atomic mass is 16.6. The van der Waals surface area contributed by atoms with Crippen LogP contribution in [0.5, 0.6) is 0 Å². The summed E-state index contributed by atoms with van der Waals surface area (Å²) in [6.45, 7) is 9.82. The summed E-state index contributed by atoms with van der Waals surface area (Å²) in [5.41, 5.74) is 4.09. The molecular weight excluding hydrogens is 450 g/mol. The van der Waals surface area contributed by atoms with Crippen LogP contribution in [0.25, 0.3) is 0 Å². The highest BCUT2D eigenvalue weighted by Gasteiger charge is 2.41. The Morgan fingerprint density at radius 1 is 1.12 bits per heavy atom. The topological polar surface area (TPSA) is 183 Å². The molecule has 0 unspecified atom stereocenters. The summed E-state index contributed by atoms with van der Waals surface area (Å²) in [4.78, 5) is 66.5. The minimum atomic E-state index is -1.58. The second-order valence-electron chi connectivity index (χ2n) is 9.89. The minimum absolute atomic E-state index is 0.126. The first-order valence-electron chi connectivity index (χ1n) is 10.6. The fourth-order valence-corrected chi connectivity index (χ4v) is 3.20. The molecule has 2 atom stereocenters. The van der Waals surface area contributed by atoms with Crippen molar-refractivity contribution >= 4 is 30.0 Å². The lowest BCUT2D eigenvalue weighted by Gasteiger charge is -2.36. The van der Waals surface area contributed by atoms with Crippen molar-refractivity contribution < 1.29 is 38.6 Å². The standard InChI is InChI=1S/C21H31N5O8/c1-20(2,3)33-18(31)25-9-14-11(23-10-26(14)19(32)34-21(4,5)6)7-13(25)16(28)24-12(17(29)30)8-15(22)27/h10,12-13H,7-9H2,1-6H3,(H2,22,27)(H,24,28)(H,29,30)/t12-,13-/m0/s1. The Balaban J connectivity index is 2.39. The van der Waals surface area contributed by atoms with Crippen LogP contribution in [-0.4, -0.2) is 72.8 Å². The lowest BCUT2D eigenvalue weighted by Crippen LogP contribution is -2.57. The summed E-state index contributed by atoms with van der Waals surface area (Å²) < 4.78 is 11.9. The number of ether oxygens (including phenoxy) is 2. The number of imidazole rings is 1. The first-order chi connectivity index (χ1) is 15.5. The van der Waals surface area contributed by atoms with E-state index in [0.717, 1.165) is 9.47 Å². The van der Waals surface area contributed by atoms with Crippen LogP contribution in [0, 0.1) is 0 Å². The summed E-state index contributed by atoms with van der Waals surface area (Å²) in [7, 11) is 0. The number of rotatable bonds is 5. The number of primary amides is 1. The van der Waals surface area contributed by atoms with Crippen LogP contribution >= 0.6 is 0 Å². The number of hydrogen-bond acceptors (Lipinski definition) is 8. The first kappa shape index (κ1) is 26.6. The molecular formula is C21H31N5O8. The van der Waals surface area contributed by atoms with E-state index in [1.165, 1.54) is 6.33 Å².